The minimum absolute atomic E-state index is 0.0542. The zero-order valence-electron chi connectivity index (χ0n) is 13.1. The van der Waals surface area contributed by atoms with Crippen molar-refractivity contribution in [2.75, 3.05) is 20.1 Å². The largest absolute Gasteiger partial charge is 0.351 e. The van der Waals surface area contributed by atoms with Crippen LogP contribution in [0.5, 0.6) is 0 Å². The van der Waals surface area contributed by atoms with Gasteiger partial charge in [-0.05, 0) is 36.2 Å². The summed E-state index contributed by atoms with van der Waals surface area (Å²) in [6, 6.07) is 15.4. The summed E-state index contributed by atoms with van der Waals surface area (Å²) >= 11 is 11.8. The molecule has 23 heavy (non-hydrogen) atoms. The van der Waals surface area contributed by atoms with Crippen molar-refractivity contribution in [2.24, 2.45) is 0 Å². The van der Waals surface area contributed by atoms with Crippen LogP contribution in [0, 0.1) is 0 Å². The van der Waals surface area contributed by atoms with Crippen LogP contribution < -0.4 is 10.2 Å². The lowest BCUT2D eigenvalue weighted by molar-refractivity contribution is -0.885. The molecule has 0 aliphatic heterocycles. The third-order valence-electron chi connectivity index (χ3n) is 3.51. The maximum atomic E-state index is 12.0. The fourth-order valence-electron chi connectivity index (χ4n) is 2.39. The van der Waals surface area contributed by atoms with Crippen LogP contribution in [0.4, 0.5) is 0 Å². The van der Waals surface area contributed by atoms with Gasteiger partial charge in [0.1, 0.15) is 6.54 Å². The zero-order chi connectivity index (χ0) is 16.7. The van der Waals surface area contributed by atoms with E-state index in [1.54, 1.807) is 0 Å². The van der Waals surface area contributed by atoms with E-state index in [0.717, 1.165) is 33.5 Å². The predicted molar refractivity (Wildman–Crippen MR) is 95.1 cm³/mol. The maximum absolute atomic E-state index is 12.0. The molecule has 0 aliphatic carbocycles. The summed E-state index contributed by atoms with van der Waals surface area (Å²) in [5.74, 6) is 0.0542. The second-order valence-electron chi connectivity index (χ2n) is 5.67. The Kier molecular flexibility index (Phi) is 6.90. The first-order valence-electron chi connectivity index (χ1n) is 7.60. The van der Waals surface area contributed by atoms with E-state index < -0.39 is 0 Å². The van der Waals surface area contributed by atoms with Gasteiger partial charge in [0.05, 0.1) is 7.05 Å². The Morgan fingerprint density at radius 1 is 1.04 bits per heavy atom. The van der Waals surface area contributed by atoms with Crippen LogP contribution in [-0.2, 0) is 17.8 Å². The summed E-state index contributed by atoms with van der Waals surface area (Å²) in [5.41, 5.74) is 2.29. The van der Waals surface area contributed by atoms with Gasteiger partial charge in [-0.25, -0.2) is 0 Å². The monoisotopic (exact) mass is 351 g/mol. The van der Waals surface area contributed by atoms with Gasteiger partial charge >= 0.3 is 0 Å². The van der Waals surface area contributed by atoms with Crippen LogP contribution in [0.15, 0.2) is 48.5 Å². The highest BCUT2D eigenvalue weighted by Gasteiger charge is 2.10. The Hall–Kier alpha value is -1.55. The molecule has 2 aromatic rings. The molecule has 1 unspecified atom stereocenters. The lowest BCUT2D eigenvalue weighted by Gasteiger charge is -2.14. The molecule has 1 atom stereocenters. The van der Waals surface area contributed by atoms with Gasteiger partial charge in [-0.2, -0.15) is 0 Å². The maximum Gasteiger partial charge on any atom is 0.275 e. The highest BCUT2D eigenvalue weighted by atomic mass is 35.5. The third-order valence-corrected chi connectivity index (χ3v) is 3.99. The van der Waals surface area contributed by atoms with Crippen molar-refractivity contribution in [3.05, 3.63) is 69.7 Å². The quantitative estimate of drug-likeness (QED) is 0.788. The fraction of sp³-hybridized carbons (Fsp3) is 0.278. The number of hydrogen-bond acceptors (Lipinski definition) is 1. The molecule has 0 aromatic heterocycles. The van der Waals surface area contributed by atoms with E-state index in [1.165, 1.54) is 5.56 Å². The molecule has 1 amide bonds. The number of halogens is 2. The van der Waals surface area contributed by atoms with E-state index in [2.05, 4.69) is 5.32 Å². The molecule has 0 bridgehead atoms. The predicted octanol–water partition coefficient (Wildman–Crippen LogP) is 2.37. The Morgan fingerprint density at radius 2 is 1.78 bits per heavy atom. The summed E-state index contributed by atoms with van der Waals surface area (Å²) in [7, 11) is 2.01. The Labute approximate surface area is 147 Å². The molecule has 3 nitrogen and oxygen atoms in total. The topological polar surface area (TPSA) is 33.5 Å². The average Bonchev–Trinajstić information content (AvgIpc) is 2.49. The lowest BCUT2D eigenvalue weighted by Crippen LogP contribution is -3.08. The van der Waals surface area contributed by atoms with E-state index in [-0.39, 0.29) is 5.91 Å². The number of benzene rings is 2. The first kappa shape index (κ1) is 17.8. The highest BCUT2D eigenvalue weighted by Crippen LogP contribution is 2.10. The van der Waals surface area contributed by atoms with Gasteiger partial charge < -0.3 is 10.2 Å². The summed E-state index contributed by atoms with van der Waals surface area (Å²) in [6.45, 7) is 1.85. The number of rotatable bonds is 7. The minimum atomic E-state index is 0.0542. The molecule has 0 fully saturated rings. The highest BCUT2D eigenvalue weighted by molar-refractivity contribution is 6.30. The number of carbonyl (C=O) groups excluding carboxylic acids is 1. The first-order chi connectivity index (χ1) is 11.0. The van der Waals surface area contributed by atoms with Crippen molar-refractivity contribution in [2.45, 2.75) is 13.0 Å². The summed E-state index contributed by atoms with van der Waals surface area (Å²) in [6.07, 6.45) is 0.780. The van der Waals surface area contributed by atoms with Crippen molar-refractivity contribution >= 4 is 29.1 Å². The molecule has 2 aromatic carbocycles. The number of amides is 1. The molecule has 2 N–H and O–H groups in total. The average molecular weight is 352 g/mol. The zero-order valence-corrected chi connectivity index (χ0v) is 14.6. The van der Waals surface area contributed by atoms with E-state index >= 15 is 0 Å². The van der Waals surface area contributed by atoms with Crippen molar-refractivity contribution in [3.63, 3.8) is 0 Å². The Bertz CT molecular complexity index is 644. The van der Waals surface area contributed by atoms with Gasteiger partial charge in [0.2, 0.25) is 0 Å². The van der Waals surface area contributed by atoms with Gasteiger partial charge in [0.15, 0.2) is 6.54 Å². The van der Waals surface area contributed by atoms with Gasteiger partial charge in [-0.1, -0.05) is 47.5 Å². The first-order valence-corrected chi connectivity index (χ1v) is 8.35. The van der Waals surface area contributed by atoms with Crippen LogP contribution in [0.3, 0.4) is 0 Å². The van der Waals surface area contributed by atoms with Crippen LogP contribution in [0.1, 0.15) is 11.1 Å². The molecule has 5 heteroatoms. The SMILES string of the molecule is C[NH+](CC(=O)NCCc1cccc(Cl)c1)Cc1ccc(Cl)cc1. The fourth-order valence-corrected chi connectivity index (χ4v) is 2.73. The lowest BCUT2D eigenvalue weighted by atomic mass is 10.1. The van der Waals surface area contributed by atoms with Gasteiger partial charge in [0.25, 0.3) is 5.91 Å². The van der Waals surface area contributed by atoms with Crippen molar-refractivity contribution in [3.8, 4) is 0 Å². The van der Waals surface area contributed by atoms with Crippen molar-refractivity contribution in [1.29, 1.82) is 0 Å². The van der Waals surface area contributed by atoms with Crippen molar-refractivity contribution < 1.29 is 9.69 Å². The molecule has 0 saturated carbocycles. The van der Waals surface area contributed by atoms with E-state index in [9.17, 15) is 4.79 Å². The number of likely N-dealkylation sites (N-methyl/N-ethyl adjacent to an activating group) is 1. The van der Waals surface area contributed by atoms with Crippen LogP contribution in [0.2, 0.25) is 10.0 Å². The van der Waals surface area contributed by atoms with Crippen LogP contribution in [0.25, 0.3) is 0 Å². The second kappa shape index (κ2) is 8.92. The van der Waals surface area contributed by atoms with E-state index in [4.69, 9.17) is 23.2 Å². The Morgan fingerprint density at radius 3 is 2.48 bits per heavy atom. The van der Waals surface area contributed by atoms with E-state index in [1.807, 2.05) is 55.6 Å². The third kappa shape index (κ3) is 6.61. The standard InChI is InChI=1S/C18H20Cl2N2O/c1-22(12-15-5-7-16(19)8-6-15)13-18(23)21-10-9-14-3-2-4-17(20)11-14/h2-8,11H,9-10,12-13H2,1H3,(H,21,23)/p+1. The summed E-state index contributed by atoms with van der Waals surface area (Å²) < 4.78 is 0. The van der Waals surface area contributed by atoms with Crippen LogP contribution >= 0.6 is 23.2 Å². The molecule has 0 heterocycles. The number of quaternary nitrogens is 1. The second-order valence-corrected chi connectivity index (χ2v) is 6.54. The summed E-state index contributed by atoms with van der Waals surface area (Å²) in [4.78, 5) is 13.1. The number of carbonyl (C=O) groups is 1. The van der Waals surface area contributed by atoms with Crippen molar-refractivity contribution in [1.82, 2.24) is 5.32 Å². The number of hydrogen-bond donors (Lipinski definition) is 2. The smallest absolute Gasteiger partial charge is 0.275 e. The minimum Gasteiger partial charge on any atom is -0.351 e. The number of nitrogens with one attached hydrogen (secondary N) is 2. The van der Waals surface area contributed by atoms with Gasteiger partial charge in [-0.15, -0.1) is 0 Å². The summed E-state index contributed by atoms with van der Waals surface area (Å²) in [5, 5.41) is 4.40. The molecular formula is C18H21Cl2N2O+. The molecule has 0 aliphatic rings. The molecular weight excluding hydrogens is 331 g/mol. The van der Waals surface area contributed by atoms with Gasteiger partial charge in [0, 0.05) is 22.2 Å². The van der Waals surface area contributed by atoms with E-state index in [0.29, 0.717) is 13.1 Å². The Balaban J connectivity index is 1.70. The molecule has 0 saturated heterocycles. The van der Waals surface area contributed by atoms with Gasteiger partial charge in [-0.3, -0.25) is 4.79 Å². The molecule has 0 spiro atoms. The van der Waals surface area contributed by atoms with Crippen LogP contribution in [-0.4, -0.2) is 26.0 Å². The normalized spacial score (nSPS) is 12.0. The molecule has 122 valence electrons. The molecule has 2 rings (SSSR count). The molecule has 0 radical (unpaired) electrons.